The average molecular weight is 219 g/mol. The van der Waals surface area contributed by atoms with Gasteiger partial charge in [0.25, 0.3) is 0 Å². The normalized spacial score (nSPS) is 10.9. The molecule has 2 aromatic heterocycles. The van der Waals surface area contributed by atoms with Gasteiger partial charge in [-0.15, -0.1) is 0 Å². The van der Waals surface area contributed by atoms with E-state index >= 15 is 0 Å². The monoisotopic (exact) mass is 219 g/mol. The van der Waals surface area contributed by atoms with Crippen LogP contribution in [0, 0.1) is 6.92 Å². The summed E-state index contributed by atoms with van der Waals surface area (Å²) in [6.45, 7) is 3.68. The molecule has 2 rings (SSSR count). The lowest BCUT2D eigenvalue weighted by Crippen LogP contribution is -2.15. The maximum Gasteiger partial charge on any atom is 0.331 e. The maximum atomic E-state index is 11.5. The Morgan fingerprint density at radius 1 is 1.56 bits per heavy atom. The van der Waals surface area contributed by atoms with Crippen LogP contribution in [0.5, 0.6) is 0 Å². The Balaban J connectivity index is 2.51. The van der Waals surface area contributed by atoms with Crippen LogP contribution in [0.4, 0.5) is 0 Å². The summed E-state index contributed by atoms with van der Waals surface area (Å²) >= 11 is 0. The van der Waals surface area contributed by atoms with E-state index in [1.165, 1.54) is 4.40 Å². The third-order valence-electron chi connectivity index (χ3n) is 2.51. The Morgan fingerprint density at radius 3 is 2.94 bits per heavy atom. The van der Waals surface area contributed by atoms with E-state index in [0.29, 0.717) is 17.8 Å². The number of ketones is 1. The molecule has 0 aliphatic carbocycles. The number of rotatable bonds is 3. The molecule has 84 valence electrons. The van der Waals surface area contributed by atoms with Crippen molar-refractivity contribution in [1.29, 1.82) is 0 Å². The largest absolute Gasteiger partial charge is 0.331 e. The Morgan fingerprint density at radius 2 is 2.31 bits per heavy atom. The fourth-order valence-electron chi connectivity index (χ4n) is 1.58. The molecule has 0 aliphatic heterocycles. The van der Waals surface area contributed by atoms with Crippen LogP contribution in [0.2, 0.25) is 0 Å². The Hall–Kier alpha value is -1.91. The molecule has 0 aliphatic rings. The van der Waals surface area contributed by atoms with Crippen molar-refractivity contribution in [2.45, 2.75) is 26.7 Å². The minimum atomic E-state index is -0.233. The number of fused-ring (bicyclic) bond motifs is 1. The average Bonchev–Trinajstić information content (AvgIpc) is 2.68. The molecule has 0 amide bonds. The second-order valence-corrected chi connectivity index (χ2v) is 3.77. The van der Waals surface area contributed by atoms with Crippen molar-refractivity contribution in [2.24, 2.45) is 0 Å². The molecule has 5 heteroatoms. The van der Waals surface area contributed by atoms with Gasteiger partial charge in [0.1, 0.15) is 11.4 Å². The molecule has 2 aromatic rings. The molecule has 2 heterocycles. The van der Waals surface area contributed by atoms with E-state index < -0.39 is 0 Å². The number of hydrogen-bond acceptors (Lipinski definition) is 3. The molecule has 0 aromatic carbocycles. The van der Waals surface area contributed by atoms with Gasteiger partial charge in [0, 0.05) is 24.4 Å². The third-order valence-corrected chi connectivity index (χ3v) is 2.51. The van der Waals surface area contributed by atoms with Crippen molar-refractivity contribution in [2.75, 3.05) is 0 Å². The Kier molecular flexibility index (Phi) is 2.60. The van der Waals surface area contributed by atoms with Crippen LogP contribution in [0.15, 0.2) is 17.2 Å². The third kappa shape index (κ3) is 1.76. The zero-order valence-corrected chi connectivity index (χ0v) is 9.28. The van der Waals surface area contributed by atoms with Gasteiger partial charge in [0.15, 0.2) is 0 Å². The SMILES string of the molecule is CCC(=O)Cc1cn2c(=O)[nH]cc(C)c2n1. The molecule has 16 heavy (non-hydrogen) atoms. The molecule has 5 nitrogen and oxygen atoms in total. The van der Waals surface area contributed by atoms with Crippen molar-refractivity contribution in [1.82, 2.24) is 14.4 Å². The Labute approximate surface area is 92.1 Å². The second-order valence-electron chi connectivity index (χ2n) is 3.77. The fourth-order valence-corrected chi connectivity index (χ4v) is 1.58. The molecule has 0 atom stereocenters. The van der Waals surface area contributed by atoms with Crippen LogP contribution < -0.4 is 5.69 Å². The number of imidazole rings is 1. The molecule has 0 saturated heterocycles. The number of nitrogens with one attached hydrogen (secondary N) is 1. The highest BCUT2D eigenvalue weighted by Crippen LogP contribution is 2.07. The van der Waals surface area contributed by atoms with Crippen LogP contribution in [0.1, 0.15) is 24.6 Å². The first-order valence-corrected chi connectivity index (χ1v) is 5.19. The lowest BCUT2D eigenvalue weighted by molar-refractivity contribution is -0.118. The van der Waals surface area contributed by atoms with Crippen molar-refractivity contribution in [3.05, 3.63) is 34.1 Å². The maximum absolute atomic E-state index is 11.5. The van der Waals surface area contributed by atoms with Gasteiger partial charge in [-0.05, 0) is 6.92 Å². The smallest absolute Gasteiger partial charge is 0.313 e. The number of carbonyl (C=O) groups is 1. The molecule has 0 bridgehead atoms. The molecular weight excluding hydrogens is 206 g/mol. The summed E-state index contributed by atoms with van der Waals surface area (Å²) in [6.07, 6.45) is 4.02. The van der Waals surface area contributed by atoms with Crippen LogP contribution in [0.3, 0.4) is 0 Å². The van der Waals surface area contributed by atoms with Crippen molar-refractivity contribution >= 4 is 11.4 Å². The number of aryl methyl sites for hydroxylation is 1. The minimum Gasteiger partial charge on any atom is -0.313 e. The predicted octanol–water partition coefficient (Wildman–Crippen LogP) is 0.853. The zero-order chi connectivity index (χ0) is 11.7. The van der Waals surface area contributed by atoms with E-state index in [0.717, 1.165) is 5.56 Å². The number of carbonyl (C=O) groups excluding carboxylic acids is 1. The summed E-state index contributed by atoms with van der Waals surface area (Å²) in [4.78, 5) is 29.7. The van der Waals surface area contributed by atoms with E-state index in [4.69, 9.17) is 0 Å². The summed E-state index contributed by atoms with van der Waals surface area (Å²) in [7, 11) is 0. The molecule has 0 unspecified atom stereocenters. The minimum absolute atomic E-state index is 0.123. The van der Waals surface area contributed by atoms with Gasteiger partial charge in [0.2, 0.25) is 0 Å². The van der Waals surface area contributed by atoms with E-state index in [1.807, 2.05) is 13.8 Å². The number of aromatic nitrogens is 3. The predicted molar refractivity (Wildman–Crippen MR) is 59.6 cm³/mol. The molecule has 1 N–H and O–H groups in total. The van der Waals surface area contributed by atoms with Gasteiger partial charge < -0.3 is 4.98 Å². The Bertz CT molecular complexity index is 595. The molecular formula is C11H13N3O2. The van der Waals surface area contributed by atoms with E-state index in [9.17, 15) is 9.59 Å². The molecule has 0 radical (unpaired) electrons. The molecule has 0 saturated carbocycles. The number of Topliss-reactive ketones (excluding diaryl/α,β-unsaturated/α-hetero) is 1. The summed E-state index contributed by atoms with van der Waals surface area (Å²) < 4.78 is 1.44. The first-order chi connectivity index (χ1) is 7.61. The standard InChI is InChI=1S/C11H13N3O2/c1-3-9(15)4-8-6-14-10(13-8)7(2)5-12-11(14)16/h5-6H,3-4H2,1-2H3,(H,12,16). The molecule has 0 fully saturated rings. The van der Waals surface area contributed by atoms with Gasteiger partial charge in [-0.3, -0.25) is 9.20 Å². The lowest BCUT2D eigenvalue weighted by atomic mass is 10.2. The van der Waals surface area contributed by atoms with E-state index in [-0.39, 0.29) is 17.9 Å². The molecule has 0 spiro atoms. The van der Waals surface area contributed by atoms with Crippen molar-refractivity contribution < 1.29 is 4.79 Å². The van der Waals surface area contributed by atoms with Gasteiger partial charge in [0.05, 0.1) is 12.1 Å². The fraction of sp³-hybridized carbons (Fsp3) is 0.364. The van der Waals surface area contributed by atoms with Gasteiger partial charge in [-0.2, -0.15) is 0 Å². The highest BCUT2D eigenvalue weighted by Gasteiger charge is 2.09. The van der Waals surface area contributed by atoms with Gasteiger partial charge in [-0.25, -0.2) is 9.78 Å². The van der Waals surface area contributed by atoms with Crippen LogP contribution in [0.25, 0.3) is 5.65 Å². The van der Waals surface area contributed by atoms with Crippen molar-refractivity contribution in [3.63, 3.8) is 0 Å². The summed E-state index contributed by atoms with van der Waals surface area (Å²) in [5, 5.41) is 0. The topological polar surface area (TPSA) is 67.2 Å². The summed E-state index contributed by atoms with van der Waals surface area (Å²) in [6, 6.07) is 0. The number of H-pyrrole nitrogens is 1. The van der Waals surface area contributed by atoms with Crippen LogP contribution in [-0.2, 0) is 11.2 Å². The van der Waals surface area contributed by atoms with Crippen LogP contribution in [-0.4, -0.2) is 20.2 Å². The van der Waals surface area contributed by atoms with Gasteiger partial charge >= 0.3 is 5.69 Å². The zero-order valence-electron chi connectivity index (χ0n) is 9.28. The van der Waals surface area contributed by atoms with Gasteiger partial charge in [-0.1, -0.05) is 6.92 Å². The second kappa shape index (κ2) is 3.92. The van der Waals surface area contributed by atoms with E-state index in [1.54, 1.807) is 12.4 Å². The first kappa shape index (κ1) is 10.6. The number of aromatic amines is 1. The first-order valence-electron chi connectivity index (χ1n) is 5.19. The summed E-state index contributed by atoms with van der Waals surface area (Å²) in [5.74, 6) is 0.123. The highest BCUT2D eigenvalue weighted by molar-refractivity contribution is 5.80. The van der Waals surface area contributed by atoms with Crippen LogP contribution >= 0.6 is 0 Å². The van der Waals surface area contributed by atoms with E-state index in [2.05, 4.69) is 9.97 Å². The quantitative estimate of drug-likeness (QED) is 0.832. The van der Waals surface area contributed by atoms with Crippen molar-refractivity contribution in [3.8, 4) is 0 Å². The lowest BCUT2D eigenvalue weighted by Gasteiger charge is -1.93. The highest BCUT2D eigenvalue weighted by atomic mass is 16.1. The number of nitrogens with zero attached hydrogens (tertiary/aromatic N) is 2. The number of hydrogen-bond donors (Lipinski definition) is 1. The summed E-state index contributed by atoms with van der Waals surface area (Å²) in [5.41, 5.74) is 1.91.